The molecular formula is C26H24N2O4. The normalized spacial score (nSPS) is 17.5. The quantitative estimate of drug-likeness (QED) is 0.341. The Morgan fingerprint density at radius 3 is 2.44 bits per heavy atom. The molecule has 4 rings (SSSR count). The monoisotopic (exact) mass is 428 g/mol. The Kier molecular flexibility index (Phi) is 6.31. The van der Waals surface area contributed by atoms with Crippen molar-refractivity contribution < 1.29 is 19.4 Å². The topological polar surface area (TPSA) is 79.7 Å². The molecule has 1 saturated heterocycles. The summed E-state index contributed by atoms with van der Waals surface area (Å²) in [4.78, 5) is 31.7. The van der Waals surface area contributed by atoms with Gasteiger partial charge in [-0.25, -0.2) is 0 Å². The highest BCUT2D eigenvalue weighted by Gasteiger charge is 2.46. The molecule has 1 aliphatic heterocycles. The van der Waals surface area contributed by atoms with Crippen molar-refractivity contribution in [3.63, 3.8) is 0 Å². The van der Waals surface area contributed by atoms with Crippen LogP contribution in [0.1, 0.15) is 36.1 Å². The summed E-state index contributed by atoms with van der Waals surface area (Å²) >= 11 is 0. The number of aliphatic hydroxyl groups is 1. The number of nitrogens with zero attached hydrogens (tertiary/aromatic N) is 2. The molecule has 0 saturated carbocycles. The van der Waals surface area contributed by atoms with E-state index in [9.17, 15) is 14.7 Å². The van der Waals surface area contributed by atoms with Crippen LogP contribution in [0, 0.1) is 0 Å². The van der Waals surface area contributed by atoms with Crippen molar-refractivity contribution in [1.82, 2.24) is 9.88 Å². The number of carbonyl (C=O) groups is 2. The summed E-state index contributed by atoms with van der Waals surface area (Å²) in [6.45, 7) is 2.83. The Labute approximate surface area is 186 Å². The Morgan fingerprint density at radius 1 is 1.03 bits per heavy atom. The number of benzene rings is 2. The second-order valence-electron chi connectivity index (χ2n) is 7.57. The molecule has 32 heavy (non-hydrogen) atoms. The van der Waals surface area contributed by atoms with Gasteiger partial charge in [0.2, 0.25) is 0 Å². The lowest BCUT2D eigenvalue weighted by Gasteiger charge is -2.25. The van der Waals surface area contributed by atoms with Crippen molar-refractivity contribution in [3.05, 3.63) is 101 Å². The molecular weight excluding hydrogens is 404 g/mol. The fraction of sp³-hybridized carbons (Fsp3) is 0.192. The SMILES string of the molecule is CCCOc1ccc(/C(O)=C2/C(=O)C(=O)N(Cc3cccnc3)C2c2ccccc2)cc1. The van der Waals surface area contributed by atoms with Gasteiger partial charge in [-0.05, 0) is 47.9 Å². The molecule has 0 radical (unpaired) electrons. The van der Waals surface area contributed by atoms with E-state index in [1.54, 1.807) is 42.7 Å². The molecule has 1 N–H and O–H groups in total. The lowest BCUT2D eigenvalue weighted by atomic mass is 9.95. The van der Waals surface area contributed by atoms with Gasteiger partial charge >= 0.3 is 0 Å². The zero-order valence-corrected chi connectivity index (χ0v) is 17.8. The number of rotatable bonds is 7. The molecule has 3 aromatic rings. The average molecular weight is 428 g/mol. The van der Waals surface area contributed by atoms with Crippen LogP contribution >= 0.6 is 0 Å². The van der Waals surface area contributed by atoms with Crippen molar-refractivity contribution in [2.75, 3.05) is 6.61 Å². The van der Waals surface area contributed by atoms with E-state index in [-0.39, 0.29) is 17.9 Å². The van der Waals surface area contributed by atoms with E-state index in [1.165, 1.54) is 4.90 Å². The third-order valence-corrected chi connectivity index (χ3v) is 5.33. The molecule has 2 aromatic carbocycles. The maximum absolute atomic E-state index is 13.1. The molecule has 0 aliphatic carbocycles. The summed E-state index contributed by atoms with van der Waals surface area (Å²) in [6.07, 6.45) is 4.20. The Balaban J connectivity index is 1.76. The first kappa shape index (κ1) is 21.3. The van der Waals surface area contributed by atoms with Gasteiger partial charge in [0.25, 0.3) is 11.7 Å². The first-order valence-electron chi connectivity index (χ1n) is 10.6. The molecule has 6 nitrogen and oxygen atoms in total. The number of likely N-dealkylation sites (tertiary alicyclic amines) is 1. The van der Waals surface area contributed by atoms with E-state index in [4.69, 9.17) is 4.74 Å². The summed E-state index contributed by atoms with van der Waals surface area (Å²) < 4.78 is 5.59. The third kappa shape index (κ3) is 4.25. The van der Waals surface area contributed by atoms with Crippen LogP contribution in [0.2, 0.25) is 0 Å². The van der Waals surface area contributed by atoms with Gasteiger partial charge in [-0.1, -0.05) is 43.3 Å². The molecule has 1 unspecified atom stereocenters. The molecule has 1 fully saturated rings. The lowest BCUT2D eigenvalue weighted by molar-refractivity contribution is -0.140. The smallest absolute Gasteiger partial charge is 0.295 e. The van der Waals surface area contributed by atoms with Crippen LogP contribution in [-0.2, 0) is 16.1 Å². The summed E-state index contributed by atoms with van der Waals surface area (Å²) in [7, 11) is 0. The maximum atomic E-state index is 13.1. The van der Waals surface area contributed by atoms with Gasteiger partial charge in [-0.15, -0.1) is 0 Å². The zero-order valence-electron chi connectivity index (χ0n) is 17.8. The van der Waals surface area contributed by atoms with E-state index < -0.39 is 17.7 Å². The first-order chi connectivity index (χ1) is 15.6. The number of aliphatic hydroxyl groups excluding tert-OH is 1. The van der Waals surface area contributed by atoms with Crippen LogP contribution in [0.4, 0.5) is 0 Å². The Hall–Kier alpha value is -3.93. The fourth-order valence-corrected chi connectivity index (χ4v) is 3.80. The van der Waals surface area contributed by atoms with Crippen LogP contribution in [0.5, 0.6) is 5.75 Å². The number of amides is 1. The minimum Gasteiger partial charge on any atom is -0.507 e. The van der Waals surface area contributed by atoms with Gasteiger partial charge < -0.3 is 14.7 Å². The molecule has 1 atom stereocenters. The number of aromatic nitrogens is 1. The van der Waals surface area contributed by atoms with E-state index in [0.29, 0.717) is 17.9 Å². The van der Waals surface area contributed by atoms with Crippen molar-refractivity contribution in [2.24, 2.45) is 0 Å². The number of ether oxygens (including phenoxy) is 1. The standard InChI is InChI=1S/C26H24N2O4/c1-2-15-32-21-12-10-20(11-13-21)24(29)22-23(19-8-4-3-5-9-19)28(26(31)25(22)30)17-18-7-6-14-27-16-18/h3-14,16,23,29H,2,15,17H2,1H3/b24-22-. The summed E-state index contributed by atoms with van der Waals surface area (Å²) in [5, 5.41) is 11.1. The number of pyridine rings is 1. The molecule has 2 heterocycles. The number of carbonyl (C=O) groups excluding carboxylic acids is 2. The van der Waals surface area contributed by atoms with Gasteiger partial charge in [0.05, 0.1) is 18.2 Å². The second kappa shape index (κ2) is 9.47. The van der Waals surface area contributed by atoms with Gasteiger partial charge in [0.1, 0.15) is 11.5 Å². The van der Waals surface area contributed by atoms with Gasteiger partial charge in [-0.2, -0.15) is 0 Å². The first-order valence-corrected chi connectivity index (χ1v) is 10.6. The van der Waals surface area contributed by atoms with Gasteiger partial charge in [-0.3, -0.25) is 14.6 Å². The zero-order chi connectivity index (χ0) is 22.5. The van der Waals surface area contributed by atoms with E-state index >= 15 is 0 Å². The van der Waals surface area contributed by atoms with Gasteiger partial charge in [0.15, 0.2) is 0 Å². The van der Waals surface area contributed by atoms with Crippen molar-refractivity contribution >= 4 is 17.4 Å². The molecule has 6 heteroatoms. The van der Waals surface area contributed by atoms with Crippen LogP contribution in [0.3, 0.4) is 0 Å². The molecule has 0 spiro atoms. The predicted octanol–water partition coefficient (Wildman–Crippen LogP) is 4.49. The van der Waals surface area contributed by atoms with E-state index in [2.05, 4.69) is 4.98 Å². The largest absolute Gasteiger partial charge is 0.507 e. The third-order valence-electron chi connectivity index (χ3n) is 5.33. The van der Waals surface area contributed by atoms with Crippen molar-refractivity contribution in [2.45, 2.75) is 25.9 Å². The fourth-order valence-electron chi connectivity index (χ4n) is 3.80. The number of hydrogen-bond acceptors (Lipinski definition) is 5. The van der Waals surface area contributed by atoms with E-state index in [1.807, 2.05) is 43.3 Å². The Bertz CT molecular complexity index is 1130. The summed E-state index contributed by atoms with van der Waals surface area (Å²) in [5.41, 5.74) is 2.08. The van der Waals surface area contributed by atoms with Crippen LogP contribution in [-0.4, -0.2) is 33.3 Å². The summed E-state index contributed by atoms with van der Waals surface area (Å²) in [6, 6.07) is 19.1. The van der Waals surface area contributed by atoms with Crippen LogP contribution in [0.25, 0.3) is 5.76 Å². The second-order valence-corrected chi connectivity index (χ2v) is 7.57. The minimum absolute atomic E-state index is 0.0762. The van der Waals surface area contributed by atoms with Crippen LogP contribution < -0.4 is 4.74 Å². The highest BCUT2D eigenvalue weighted by atomic mass is 16.5. The van der Waals surface area contributed by atoms with Crippen molar-refractivity contribution in [1.29, 1.82) is 0 Å². The molecule has 162 valence electrons. The predicted molar refractivity (Wildman–Crippen MR) is 121 cm³/mol. The highest BCUT2D eigenvalue weighted by Crippen LogP contribution is 2.40. The van der Waals surface area contributed by atoms with Crippen molar-refractivity contribution in [3.8, 4) is 5.75 Å². The summed E-state index contributed by atoms with van der Waals surface area (Å²) in [5.74, 6) is -0.869. The lowest BCUT2D eigenvalue weighted by Crippen LogP contribution is -2.29. The van der Waals surface area contributed by atoms with E-state index in [0.717, 1.165) is 17.5 Å². The average Bonchev–Trinajstić information content (AvgIpc) is 3.09. The van der Waals surface area contributed by atoms with Gasteiger partial charge in [0, 0.05) is 24.5 Å². The maximum Gasteiger partial charge on any atom is 0.295 e. The Morgan fingerprint density at radius 2 is 1.78 bits per heavy atom. The van der Waals surface area contributed by atoms with Crippen LogP contribution in [0.15, 0.2) is 84.7 Å². The molecule has 1 aromatic heterocycles. The molecule has 0 bridgehead atoms. The highest BCUT2D eigenvalue weighted by molar-refractivity contribution is 6.46. The number of hydrogen-bond donors (Lipinski definition) is 1. The minimum atomic E-state index is -0.702. The number of Topliss-reactive ketones (excluding diaryl/α,β-unsaturated/α-hetero) is 1. The number of ketones is 1. The molecule has 1 amide bonds. The molecule has 1 aliphatic rings.